The first-order valence-electron chi connectivity index (χ1n) is 17.4. The first-order chi connectivity index (χ1) is 25.9. The number of nitrogens with zero attached hydrogens (tertiary/aromatic N) is 4. The van der Waals surface area contributed by atoms with Crippen LogP contribution in [0, 0.1) is 35.8 Å². The lowest BCUT2D eigenvalue weighted by atomic mass is 10.1. The first-order valence-corrected chi connectivity index (χ1v) is 22.2. The molecule has 0 radical (unpaired) electrons. The molecule has 0 saturated carbocycles. The maximum Gasteiger partial charge on any atom is 0.265 e. The summed E-state index contributed by atoms with van der Waals surface area (Å²) >= 11 is 0. The zero-order valence-electron chi connectivity index (χ0n) is 29.7. The standard InChI is InChI=1S/C46H36N4Si3/c1-33(45(31-47)49-3)35-15-23-41(24-16-35)53(42-25-17-36(18-26-42)34(2)46(32-48)50-4,43-27-19-39(20-28-43)51-37-11-7-5-8-12-37)44-29-21-40(22-30-44)52-38-13-9-6-10-14-38/h5-30H,51-52H2,1-2H3/b45-33-,46-34+. The van der Waals surface area contributed by atoms with E-state index < -0.39 is 27.1 Å². The number of benzene rings is 6. The molecule has 6 rings (SSSR count). The minimum atomic E-state index is -2.99. The molecule has 4 nitrogen and oxygen atoms in total. The van der Waals surface area contributed by atoms with Crippen LogP contribution in [0.1, 0.15) is 25.0 Å². The highest BCUT2D eigenvalue weighted by molar-refractivity contribution is 7.20. The Balaban J connectivity index is 1.58. The summed E-state index contributed by atoms with van der Waals surface area (Å²) in [7, 11) is -4.31. The van der Waals surface area contributed by atoms with Crippen molar-refractivity contribution in [1.29, 1.82) is 10.5 Å². The van der Waals surface area contributed by atoms with Crippen molar-refractivity contribution in [2.75, 3.05) is 0 Å². The van der Waals surface area contributed by atoms with Crippen molar-refractivity contribution in [3.63, 3.8) is 0 Å². The highest BCUT2D eigenvalue weighted by Crippen LogP contribution is 2.21. The van der Waals surface area contributed by atoms with Crippen LogP contribution in [-0.2, 0) is 0 Å². The zero-order chi connectivity index (χ0) is 37.2. The quantitative estimate of drug-likeness (QED) is 0.0937. The van der Waals surface area contributed by atoms with Crippen LogP contribution in [0.3, 0.4) is 0 Å². The molecule has 53 heavy (non-hydrogen) atoms. The van der Waals surface area contributed by atoms with E-state index >= 15 is 0 Å². The Morgan fingerprint density at radius 3 is 1.02 bits per heavy atom. The molecule has 0 spiro atoms. The van der Waals surface area contributed by atoms with Crippen LogP contribution >= 0.6 is 0 Å². The fraction of sp³-hybridized carbons (Fsp3) is 0.0435. The van der Waals surface area contributed by atoms with Crippen molar-refractivity contribution in [3.8, 4) is 12.1 Å². The molecule has 0 heterocycles. The maximum atomic E-state index is 9.60. The predicted molar refractivity (Wildman–Crippen MR) is 228 cm³/mol. The lowest BCUT2D eigenvalue weighted by molar-refractivity contribution is 1.47. The highest BCUT2D eigenvalue weighted by atomic mass is 28.3. The van der Waals surface area contributed by atoms with E-state index in [1.165, 1.54) is 41.5 Å². The van der Waals surface area contributed by atoms with Gasteiger partial charge < -0.3 is 0 Å². The number of allylic oxidation sites excluding steroid dienone is 4. The predicted octanol–water partition coefficient (Wildman–Crippen LogP) is 3.65. The van der Waals surface area contributed by atoms with Crippen LogP contribution < -0.4 is 41.5 Å². The van der Waals surface area contributed by atoms with Gasteiger partial charge in [-0.15, -0.1) is 0 Å². The number of hydrogen-bond donors (Lipinski definition) is 0. The molecular formula is C46H36N4Si3. The van der Waals surface area contributed by atoms with E-state index in [-0.39, 0.29) is 11.4 Å². The molecule has 0 unspecified atom stereocenters. The van der Waals surface area contributed by atoms with E-state index in [4.69, 9.17) is 13.1 Å². The molecule has 6 aromatic carbocycles. The lowest BCUT2D eigenvalue weighted by Crippen LogP contribution is -2.75. The number of nitriles is 2. The Kier molecular flexibility index (Phi) is 11.4. The Morgan fingerprint density at radius 2 is 0.736 bits per heavy atom. The molecule has 252 valence electrons. The summed E-state index contributed by atoms with van der Waals surface area (Å²) in [5.74, 6) is 0. The van der Waals surface area contributed by atoms with Crippen LogP contribution in [-0.4, -0.2) is 27.1 Å². The van der Waals surface area contributed by atoms with Crippen LogP contribution in [0.2, 0.25) is 0 Å². The van der Waals surface area contributed by atoms with E-state index in [1.54, 1.807) is 0 Å². The summed E-state index contributed by atoms with van der Waals surface area (Å²) in [6, 6.07) is 60.9. The Hall–Kier alpha value is -6.59. The Morgan fingerprint density at radius 1 is 0.453 bits per heavy atom. The smallest absolute Gasteiger partial charge is 0.226 e. The van der Waals surface area contributed by atoms with Gasteiger partial charge in [0.1, 0.15) is 0 Å². The third-order valence-electron chi connectivity index (χ3n) is 9.92. The van der Waals surface area contributed by atoms with E-state index in [1.807, 2.05) is 50.3 Å². The molecular weight excluding hydrogens is 693 g/mol. The normalized spacial score (nSPS) is 13.2. The van der Waals surface area contributed by atoms with Gasteiger partial charge in [-0.2, -0.15) is 0 Å². The van der Waals surface area contributed by atoms with Crippen molar-refractivity contribution in [2.24, 2.45) is 0 Å². The van der Waals surface area contributed by atoms with Gasteiger partial charge in [-0.3, -0.25) is 0 Å². The van der Waals surface area contributed by atoms with Gasteiger partial charge in [-0.1, -0.05) is 178 Å². The average molecular weight is 729 g/mol. The fourth-order valence-electron chi connectivity index (χ4n) is 7.01. The van der Waals surface area contributed by atoms with Crippen molar-refractivity contribution in [3.05, 3.63) is 203 Å². The van der Waals surface area contributed by atoms with Crippen LogP contribution in [0.25, 0.3) is 20.8 Å². The van der Waals surface area contributed by atoms with E-state index in [2.05, 4.69) is 143 Å². The topological polar surface area (TPSA) is 56.3 Å². The summed E-state index contributed by atoms with van der Waals surface area (Å²) in [6.45, 7) is 18.7. The second-order valence-electron chi connectivity index (χ2n) is 13.0. The molecule has 0 aliphatic heterocycles. The molecule has 0 amide bonds. The highest BCUT2D eigenvalue weighted by Gasteiger charge is 2.41. The summed E-state index contributed by atoms with van der Waals surface area (Å²) in [5, 5.41) is 29.6. The molecule has 0 bridgehead atoms. The lowest BCUT2D eigenvalue weighted by Gasteiger charge is -2.35. The molecule has 0 N–H and O–H groups in total. The van der Waals surface area contributed by atoms with Crippen molar-refractivity contribution >= 4 is 79.8 Å². The molecule has 0 saturated heterocycles. The Labute approximate surface area is 318 Å². The minimum Gasteiger partial charge on any atom is -0.226 e. The van der Waals surface area contributed by atoms with Gasteiger partial charge in [0, 0.05) is 0 Å². The molecule has 0 aliphatic carbocycles. The van der Waals surface area contributed by atoms with E-state index in [0.717, 1.165) is 11.1 Å². The second kappa shape index (κ2) is 16.6. The van der Waals surface area contributed by atoms with Gasteiger partial charge in [-0.05, 0) is 56.9 Å². The molecule has 0 atom stereocenters. The Bertz CT molecular complexity index is 2250. The summed E-state index contributed by atoms with van der Waals surface area (Å²) in [4.78, 5) is 6.92. The SMILES string of the molecule is [C-]#[N+]/C(C#N)=C(/C)c1ccc([Si](c2ccc([SiH2]c3ccccc3)cc2)(c2ccc([SiH2]c3ccccc3)cc2)c2ccc(/C(C)=C(\C#N)[N+]#[C-])cc2)cc1. The van der Waals surface area contributed by atoms with Crippen molar-refractivity contribution in [1.82, 2.24) is 0 Å². The zero-order valence-corrected chi connectivity index (χ0v) is 33.5. The molecule has 0 fully saturated rings. The van der Waals surface area contributed by atoms with Crippen LogP contribution in [0.5, 0.6) is 0 Å². The average Bonchev–Trinajstić information content (AvgIpc) is 3.21. The maximum absolute atomic E-state index is 9.60. The van der Waals surface area contributed by atoms with Gasteiger partial charge in [0.25, 0.3) is 11.4 Å². The monoisotopic (exact) mass is 728 g/mol. The molecule has 0 aliphatic rings. The van der Waals surface area contributed by atoms with E-state index in [0.29, 0.717) is 11.1 Å². The first kappa shape index (κ1) is 36.2. The van der Waals surface area contributed by atoms with Crippen LogP contribution in [0.15, 0.2) is 169 Å². The van der Waals surface area contributed by atoms with Crippen molar-refractivity contribution < 1.29 is 0 Å². The van der Waals surface area contributed by atoms with Gasteiger partial charge in [0.15, 0.2) is 8.07 Å². The number of rotatable bonds is 10. The van der Waals surface area contributed by atoms with Gasteiger partial charge in [0.05, 0.1) is 44.3 Å². The third-order valence-corrected chi connectivity index (χ3v) is 18.2. The summed E-state index contributed by atoms with van der Waals surface area (Å²) in [5.41, 5.74) is 3.19. The minimum absolute atomic E-state index is 0.0905. The molecule has 0 aromatic heterocycles. The summed E-state index contributed by atoms with van der Waals surface area (Å²) in [6.07, 6.45) is 0. The third kappa shape index (κ3) is 7.70. The van der Waals surface area contributed by atoms with Crippen molar-refractivity contribution in [2.45, 2.75) is 13.8 Å². The fourth-order valence-corrected chi connectivity index (χ4v) is 14.6. The molecule has 7 heteroatoms. The van der Waals surface area contributed by atoms with Crippen LogP contribution in [0.4, 0.5) is 0 Å². The summed E-state index contributed by atoms with van der Waals surface area (Å²) < 4.78 is 0. The van der Waals surface area contributed by atoms with E-state index in [9.17, 15) is 10.5 Å². The second-order valence-corrected chi connectivity index (χ2v) is 20.8. The van der Waals surface area contributed by atoms with Gasteiger partial charge in [0.2, 0.25) is 0 Å². The van der Waals surface area contributed by atoms with Gasteiger partial charge >= 0.3 is 0 Å². The van der Waals surface area contributed by atoms with Gasteiger partial charge in [-0.25, -0.2) is 20.2 Å². The number of hydrogen-bond acceptors (Lipinski definition) is 2. The largest absolute Gasteiger partial charge is 0.265 e. The molecule has 6 aromatic rings.